The molecule has 0 aliphatic carbocycles. The van der Waals surface area contributed by atoms with Gasteiger partial charge in [-0.15, -0.1) is 0 Å². The van der Waals surface area contributed by atoms with Crippen LogP contribution >= 0.6 is 15.9 Å². The molecule has 0 unspecified atom stereocenters. The number of para-hydroxylation sites is 1. The molecule has 3 N–H and O–H groups in total. The van der Waals surface area contributed by atoms with Gasteiger partial charge in [0.05, 0.1) is 29.4 Å². The number of nitrogens with one attached hydrogen (secondary N) is 2. The first-order valence-electron chi connectivity index (χ1n) is 11.0. The smallest absolute Gasteiger partial charge is 0.337 e. The monoisotopic (exact) mass is 525 g/mol. The zero-order valence-corrected chi connectivity index (χ0v) is 20.2. The van der Waals surface area contributed by atoms with Crippen LogP contribution in [-0.4, -0.2) is 78.8 Å². The maximum atomic E-state index is 12.0. The molecule has 0 amide bonds. The number of esters is 1. The van der Waals surface area contributed by atoms with Gasteiger partial charge in [0.2, 0.25) is 0 Å². The normalized spacial score (nSPS) is 17.1. The number of halogens is 1. The van der Waals surface area contributed by atoms with Crippen LogP contribution in [0.4, 0.5) is 5.69 Å². The molecule has 10 heteroatoms. The number of aromatic hydroxyl groups is 1. The number of hydrogen-bond acceptors (Lipinski definition) is 8. The van der Waals surface area contributed by atoms with Crippen LogP contribution in [0, 0.1) is 0 Å². The van der Waals surface area contributed by atoms with E-state index in [0.717, 1.165) is 48.1 Å². The zero-order chi connectivity index (χ0) is 23.7. The molecule has 0 atom stereocenters. The molecular formula is C24H24BrN5O4. The summed E-state index contributed by atoms with van der Waals surface area (Å²) in [5, 5.41) is 19.4. The van der Waals surface area contributed by atoms with Gasteiger partial charge in [0, 0.05) is 48.1 Å². The molecule has 2 aliphatic heterocycles. The number of aromatic amines is 1. The Labute approximate surface area is 204 Å². The molecular weight excluding hydrogens is 502 g/mol. The van der Waals surface area contributed by atoms with Gasteiger partial charge in [0.1, 0.15) is 18.0 Å². The number of aromatic nitrogens is 1. The molecule has 1 saturated heterocycles. The highest BCUT2D eigenvalue weighted by molar-refractivity contribution is 9.10. The van der Waals surface area contributed by atoms with E-state index in [-0.39, 0.29) is 5.88 Å². The molecule has 1 fully saturated rings. The third kappa shape index (κ3) is 4.20. The summed E-state index contributed by atoms with van der Waals surface area (Å²) in [5.41, 5.74) is 3.92. The summed E-state index contributed by atoms with van der Waals surface area (Å²) in [4.78, 5) is 27.9. The second kappa shape index (κ2) is 9.57. The highest BCUT2D eigenvalue weighted by atomic mass is 79.9. The van der Waals surface area contributed by atoms with Crippen molar-refractivity contribution >= 4 is 49.9 Å². The number of H-pyrrole nitrogens is 1. The van der Waals surface area contributed by atoms with Gasteiger partial charge in [-0.3, -0.25) is 4.90 Å². The molecule has 3 heterocycles. The number of aliphatic imine (C=N–C) groups is 1. The molecule has 0 saturated carbocycles. The number of benzene rings is 2. The van der Waals surface area contributed by atoms with Gasteiger partial charge in [-0.1, -0.05) is 17.3 Å². The molecule has 0 bridgehead atoms. The van der Waals surface area contributed by atoms with Crippen LogP contribution in [0.2, 0.25) is 0 Å². The van der Waals surface area contributed by atoms with Crippen molar-refractivity contribution in [2.45, 2.75) is 0 Å². The van der Waals surface area contributed by atoms with Gasteiger partial charge in [-0.05, 0) is 40.2 Å². The Morgan fingerprint density at radius 3 is 2.88 bits per heavy atom. The van der Waals surface area contributed by atoms with Crippen LogP contribution in [0.1, 0.15) is 21.5 Å². The van der Waals surface area contributed by atoms with Crippen molar-refractivity contribution in [2.75, 3.05) is 46.4 Å². The topological polar surface area (TPSA) is 112 Å². The van der Waals surface area contributed by atoms with Gasteiger partial charge < -0.3 is 25.0 Å². The number of nitrogens with zero attached hydrogens (tertiary/aromatic N) is 3. The van der Waals surface area contributed by atoms with E-state index < -0.39 is 5.97 Å². The van der Waals surface area contributed by atoms with E-state index in [1.54, 1.807) is 18.2 Å². The van der Waals surface area contributed by atoms with Crippen molar-refractivity contribution in [3.63, 3.8) is 0 Å². The van der Waals surface area contributed by atoms with Crippen molar-refractivity contribution in [2.24, 2.45) is 10.1 Å². The van der Waals surface area contributed by atoms with E-state index in [1.165, 1.54) is 7.11 Å². The van der Waals surface area contributed by atoms with Crippen molar-refractivity contribution in [3.8, 4) is 5.88 Å². The lowest BCUT2D eigenvalue weighted by Crippen LogP contribution is -2.44. The Morgan fingerprint density at radius 1 is 1.26 bits per heavy atom. The summed E-state index contributed by atoms with van der Waals surface area (Å²) in [6, 6.07) is 10.8. The van der Waals surface area contributed by atoms with Gasteiger partial charge in [0.15, 0.2) is 5.88 Å². The minimum absolute atomic E-state index is 0.0184. The van der Waals surface area contributed by atoms with Crippen molar-refractivity contribution in [1.29, 1.82) is 0 Å². The minimum Gasteiger partial charge on any atom is -0.494 e. The van der Waals surface area contributed by atoms with Crippen LogP contribution < -0.4 is 5.32 Å². The summed E-state index contributed by atoms with van der Waals surface area (Å²) >= 11 is 3.52. The van der Waals surface area contributed by atoms with Gasteiger partial charge in [-0.25, -0.2) is 9.79 Å². The fourth-order valence-corrected chi connectivity index (χ4v) is 4.72. The highest BCUT2D eigenvalue weighted by Gasteiger charge is 2.30. The summed E-state index contributed by atoms with van der Waals surface area (Å²) < 4.78 is 5.67. The number of piperazine rings is 1. The average molecular weight is 526 g/mol. The maximum absolute atomic E-state index is 12.0. The summed E-state index contributed by atoms with van der Waals surface area (Å²) in [6.45, 7) is 5.09. The predicted octanol–water partition coefficient (Wildman–Crippen LogP) is 3.18. The van der Waals surface area contributed by atoms with E-state index >= 15 is 0 Å². The number of carbonyl (C=O) groups is 1. The van der Waals surface area contributed by atoms with Crippen LogP contribution in [0.3, 0.4) is 0 Å². The molecule has 0 radical (unpaired) electrons. The van der Waals surface area contributed by atoms with Crippen molar-refractivity contribution < 1.29 is 19.5 Å². The molecule has 176 valence electrons. The Hall–Kier alpha value is -3.21. The maximum Gasteiger partial charge on any atom is 0.337 e. The minimum atomic E-state index is -0.448. The highest BCUT2D eigenvalue weighted by Crippen LogP contribution is 2.38. The summed E-state index contributed by atoms with van der Waals surface area (Å²) in [6.07, 6.45) is 0. The van der Waals surface area contributed by atoms with Crippen LogP contribution in [0.5, 0.6) is 5.88 Å². The first-order valence-corrected chi connectivity index (χ1v) is 11.8. The SMILES string of the molecule is COC(=O)c1ccc2c(c1)N=C(c1c(O)[nH]c3c(Br)cccc13)/C2=N/OCCN1CCNCC1. The fraction of sp³-hybridized carbons (Fsp3) is 0.292. The largest absolute Gasteiger partial charge is 0.494 e. The quantitative estimate of drug-likeness (QED) is 0.259. The molecule has 0 spiro atoms. The molecule has 5 rings (SSSR count). The Bertz CT molecular complexity index is 1310. The Balaban J connectivity index is 1.51. The average Bonchev–Trinajstić information content (AvgIpc) is 3.38. The van der Waals surface area contributed by atoms with Gasteiger partial charge in [0.25, 0.3) is 0 Å². The fourth-order valence-electron chi connectivity index (χ4n) is 4.26. The molecule has 34 heavy (non-hydrogen) atoms. The molecule has 9 nitrogen and oxygen atoms in total. The Morgan fingerprint density at radius 2 is 2.09 bits per heavy atom. The molecule has 3 aromatic rings. The number of methoxy groups -OCH3 is 1. The number of carbonyl (C=O) groups excluding carboxylic acids is 1. The number of ether oxygens (including phenoxy) is 1. The first-order chi connectivity index (χ1) is 16.6. The summed E-state index contributed by atoms with van der Waals surface area (Å²) in [5.74, 6) is -0.466. The van der Waals surface area contributed by atoms with E-state index in [2.05, 4.69) is 36.3 Å². The second-order valence-electron chi connectivity index (χ2n) is 8.06. The molecule has 2 aromatic carbocycles. The first kappa shape index (κ1) is 22.6. The molecule has 1 aromatic heterocycles. The van der Waals surface area contributed by atoms with E-state index in [1.807, 2.05) is 18.2 Å². The summed E-state index contributed by atoms with van der Waals surface area (Å²) in [7, 11) is 1.34. The van der Waals surface area contributed by atoms with Crippen LogP contribution in [0.25, 0.3) is 10.9 Å². The van der Waals surface area contributed by atoms with E-state index in [9.17, 15) is 9.90 Å². The van der Waals surface area contributed by atoms with E-state index in [4.69, 9.17) is 14.6 Å². The number of oxime groups is 1. The van der Waals surface area contributed by atoms with Crippen LogP contribution in [0.15, 0.2) is 51.0 Å². The van der Waals surface area contributed by atoms with Gasteiger partial charge in [-0.2, -0.15) is 0 Å². The third-order valence-electron chi connectivity index (χ3n) is 5.99. The van der Waals surface area contributed by atoms with Crippen LogP contribution in [-0.2, 0) is 9.57 Å². The zero-order valence-electron chi connectivity index (χ0n) is 18.6. The predicted molar refractivity (Wildman–Crippen MR) is 133 cm³/mol. The lowest BCUT2D eigenvalue weighted by Gasteiger charge is -2.26. The number of rotatable bonds is 6. The molecule has 2 aliphatic rings. The second-order valence-corrected chi connectivity index (χ2v) is 8.91. The number of hydrogen-bond donors (Lipinski definition) is 3. The van der Waals surface area contributed by atoms with E-state index in [0.29, 0.717) is 40.4 Å². The number of fused-ring (bicyclic) bond motifs is 2. The standard InChI is InChI=1S/C24H24BrN5O4/c1-33-24(32)14-5-6-15-18(13-14)27-22(19-16-3-2-4-17(25)20(16)28-23(19)31)21(15)29-34-12-11-30-9-7-26-8-10-30/h2-6,13,26,28,31H,7-12H2,1H3/b29-21+. The third-order valence-corrected chi connectivity index (χ3v) is 6.66. The lowest BCUT2D eigenvalue weighted by molar-refractivity contribution is 0.0600. The lowest BCUT2D eigenvalue weighted by atomic mass is 10.00. The van der Waals surface area contributed by atoms with Crippen molar-refractivity contribution in [1.82, 2.24) is 15.2 Å². The van der Waals surface area contributed by atoms with Gasteiger partial charge >= 0.3 is 5.97 Å². The van der Waals surface area contributed by atoms with Crippen molar-refractivity contribution in [3.05, 3.63) is 57.6 Å². The Kier molecular flexibility index (Phi) is 6.36.